The van der Waals surface area contributed by atoms with E-state index in [-0.39, 0.29) is 6.61 Å². The van der Waals surface area contributed by atoms with Gasteiger partial charge in [0.1, 0.15) is 5.75 Å². The van der Waals surface area contributed by atoms with Crippen LogP contribution in [0.15, 0.2) is 42.5 Å². The van der Waals surface area contributed by atoms with Crippen LogP contribution in [-0.2, 0) is 14.3 Å². The van der Waals surface area contributed by atoms with Gasteiger partial charge in [-0.1, -0.05) is 23.7 Å². The lowest BCUT2D eigenvalue weighted by molar-refractivity contribution is -0.149. The third-order valence-electron chi connectivity index (χ3n) is 3.02. The Labute approximate surface area is 158 Å². The highest BCUT2D eigenvalue weighted by Gasteiger charge is 2.11. The van der Waals surface area contributed by atoms with Crippen molar-refractivity contribution in [2.24, 2.45) is 0 Å². The Balaban J connectivity index is 1.77. The summed E-state index contributed by atoms with van der Waals surface area (Å²) in [5.74, 6) is -0.531. The monoisotopic (exact) mass is 459 g/mol. The molecule has 5 nitrogen and oxygen atoms in total. The normalized spacial score (nSPS) is 10.1. The van der Waals surface area contributed by atoms with Crippen LogP contribution in [0.25, 0.3) is 0 Å². The summed E-state index contributed by atoms with van der Waals surface area (Å²) in [4.78, 5) is 23.5. The number of esters is 1. The molecule has 0 saturated carbocycles. The van der Waals surface area contributed by atoms with Crippen LogP contribution < -0.4 is 10.1 Å². The Hall–Kier alpha value is -1.80. The fourth-order valence-electron chi connectivity index (χ4n) is 1.83. The zero-order valence-corrected chi connectivity index (χ0v) is 15.8. The predicted octanol–water partition coefficient (Wildman–Crippen LogP) is 3.81. The number of halogens is 2. The quantitative estimate of drug-likeness (QED) is 0.527. The Bertz CT molecular complexity index is 714. The maximum atomic E-state index is 11.8. The predicted molar refractivity (Wildman–Crippen MR) is 100 cm³/mol. The Kier molecular flexibility index (Phi) is 6.86. The van der Waals surface area contributed by atoms with Crippen molar-refractivity contribution < 1.29 is 19.1 Å². The molecule has 7 heteroatoms. The SMILES string of the molecule is Cc1cccc(Cl)c1NC(=O)COC(=O)COc1ccc(I)cc1. The molecule has 0 aliphatic carbocycles. The molecule has 0 heterocycles. The Morgan fingerprint density at radius 3 is 2.50 bits per heavy atom. The molecule has 0 bridgehead atoms. The molecule has 0 radical (unpaired) electrons. The van der Waals surface area contributed by atoms with Crippen LogP contribution in [-0.4, -0.2) is 25.1 Å². The van der Waals surface area contributed by atoms with Gasteiger partial charge in [-0.2, -0.15) is 0 Å². The van der Waals surface area contributed by atoms with E-state index in [0.717, 1.165) is 9.13 Å². The number of hydrogen-bond acceptors (Lipinski definition) is 4. The van der Waals surface area contributed by atoms with E-state index in [1.54, 1.807) is 24.3 Å². The first-order valence-electron chi connectivity index (χ1n) is 7.04. The molecule has 2 aromatic rings. The highest BCUT2D eigenvalue weighted by Crippen LogP contribution is 2.25. The van der Waals surface area contributed by atoms with Gasteiger partial charge in [0.25, 0.3) is 5.91 Å². The van der Waals surface area contributed by atoms with Crippen LogP contribution >= 0.6 is 34.2 Å². The number of amides is 1. The van der Waals surface area contributed by atoms with E-state index in [2.05, 4.69) is 27.9 Å². The van der Waals surface area contributed by atoms with Crippen molar-refractivity contribution in [3.05, 3.63) is 56.6 Å². The second-order valence-corrected chi connectivity index (χ2v) is 6.54. The van der Waals surface area contributed by atoms with Crippen molar-refractivity contribution in [3.63, 3.8) is 0 Å². The lowest BCUT2D eigenvalue weighted by atomic mass is 10.2. The summed E-state index contributed by atoms with van der Waals surface area (Å²) in [5, 5.41) is 3.05. The van der Waals surface area contributed by atoms with E-state index in [4.69, 9.17) is 21.1 Å². The summed E-state index contributed by atoms with van der Waals surface area (Å²) in [5.41, 5.74) is 1.33. The van der Waals surface area contributed by atoms with E-state index in [1.807, 2.05) is 25.1 Å². The van der Waals surface area contributed by atoms with Crippen molar-refractivity contribution >= 4 is 51.8 Å². The molecule has 0 saturated heterocycles. The number of benzene rings is 2. The second kappa shape index (κ2) is 8.89. The van der Waals surface area contributed by atoms with Crippen molar-refractivity contribution in [1.29, 1.82) is 0 Å². The molecule has 0 atom stereocenters. The average molecular weight is 460 g/mol. The largest absolute Gasteiger partial charge is 0.482 e. The van der Waals surface area contributed by atoms with Gasteiger partial charge in [-0.15, -0.1) is 0 Å². The third-order valence-corrected chi connectivity index (χ3v) is 4.06. The van der Waals surface area contributed by atoms with Gasteiger partial charge in [-0.3, -0.25) is 4.79 Å². The standard InChI is InChI=1S/C17H15ClINO4/c1-11-3-2-4-14(18)17(11)20-15(21)9-24-16(22)10-23-13-7-5-12(19)6-8-13/h2-8H,9-10H2,1H3,(H,20,21). The van der Waals surface area contributed by atoms with Crippen molar-refractivity contribution in [2.75, 3.05) is 18.5 Å². The Morgan fingerprint density at radius 2 is 1.83 bits per heavy atom. The fraction of sp³-hybridized carbons (Fsp3) is 0.176. The van der Waals surface area contributed by atoms with Crippen LogP contribution in [0.3, 0.4) is 0 Å². The lowest BCUT2D eigenvalue weighted by Gasteiger charge is -2.11. The Morgan fingerprint density at radius 1 is 1.12 bits per heavy atom. The van der Waals surface area contributed by atoms with Gasteiger partial charge in [0.15, 0.2) is 13.2 Å². The number of ether oxygens (including phenoxy) is 2. The number of nitrogens with one attached hydrogen (secondary N) is 1. The molecule has 2 rings (SSSR count). The molecule has 1 amide bonds. The van der Waals surface area contributed by atoms with Crippen LogP contribution in [0.5, 0.6) is 5.75 Å². The van der Waals surface area contributed by atoms with Crippen molar-refractivity contribution in [3.8, 4) is 5.75 Å². The van der Waals surface area contributed by atoms with E-state index >= 15 is 0 Å². The summed E-state index contributed by atoms with van der Waals surface area (Å²) in [6.07, 6.45) is 0. The first-order chi connectivity index (χ1) is 11.5. The molecule has 0 fully saturated rings. The second-order valence-electron chi connectivity index (χ2n) is 4.88. The van der Waals surface area contributed by atoms with Gasteiger partial charge in [0, 0.05) is 3.57 Å². The van der Waals surface area contributed by atoms with Gasteiger partial charge < -0.3 is 14.8 Å². The van der Waals surface area contributed by atoms with Crippen molar-refractivity contribution in [1.82, 2.24) is 0 Å². The van der Waals surface area contributed by atoms with Gasteiger partial charge >= 0.3 is 5.97 Å². The number of rotatable bonds is 6. The molecule has 0 aliphatic rings. The number of anilines is 1. The van der Waals surface area contributed by atoms with Gasteiger partial charge in [0.05, 0.1) is 10.7 Å². The molecular weight excluding hydrogens is 445 g/mol. The van der Waals surface area contributed by atoms with Crippen LogP contribution in [0.1, 0.15) is 5.56 Å². The zero-order valence-electron chi connectivity index (χ0n) is 12.8. The van der Waals surface area contributed by atoms with E-state index in [9.17, 15) is 9.59 Å². The minimum absolute atomic E-state index is 0.265. The number of aryl methyl sites for hydroxylation is 1. The van der Waals surface area contributed by atoms with Crippen LogP contribution in [0, 0.1) is 10.5 Å². The van der Waals surface area contributed by atoms with E-state index < -0.39 is 18.5 Å². The molecule has 1 N–H and O–H groups in total. The van der Waals surface area contributed by atoms with Gasteiger partial charge in [-0.05, 0) is 65.4 Å². The number of carbonyl (C=O) groups excluding carboxylic acids is 2. The molecule has 0 unspecified atom stereocenters. The fourth-order valence-corrected chi connectivity index (χ4v) is 2.46. The minimum Gasteiger partial charge on any atom is -0.482 e. The number of hydrogen-bond donors (Lipinski definition) is 1. The highest BCUT2D eigenvalue weighted by atomic mass is 127. The van der Waals surface area contributed by atoms with Crippen LogP contribution in [0.2, 0.25) is 5.02 Å². The first-order valence-corrected chi connectivity index (χ1v) is 8.50. The van der Waals surface area contributed by atoms with Gasteiger partial charge in [0.2, 0.25) is 0 Å². The summed E-state index contributed by atoms with van der Waals surface area (Å²) < 4.78 is 11.2. The summed E-state index contributed by atoms with van der Waals surface area (Å²) in [6, 6.07) is 12.5. The number of para-hydroxylation sites is 1. The van der Waals surface area contributed by atoms with Gasteiger partial charge in [-0.25, -0.2) is 4.79 Å². The summed E-state index contributed by atoms with van der Waals surface area (Å²) in [6.45, 7) is 1.15. The molecule has 0 aromatic heterocycles. The summed E-state index contributed by atoms with van der Waals surface area (Å²) >= 11 is 8.19. The third kappa shape index (κ3) is 5.68. The zero-order chi connectivity index (χ0) is 17.5. The van der Waals surface area contributed by atoms with Crippen molar-refractivity contribution in [2.45, 2.75) is 6.92 Å². The molecule has 24 heavy (non-hydrogen) atoms. The van der Waals surface area contributed by atoms with Crippen LogP contribution in [0.4, 0.5) is 5.69 Å². The highest BCUT2D eigenvalue weighted by molar-refractivity contribution is 14.1. The maximum absolute atomic E-state index is 11.8. The molecule has 126 valence electrons. The van der Waals surface area contributed by atoms with E-state index in [0.29, 0.717) is 16.5 Å². The summed E-state index contributed by atoms with van der Waals surface area (Å²) in [7, 11) is 0. The number of carbonyl (C=O) groups is 2. The smallest absolute Gasteiger partial charge is 0.344 e. The molecule has 2 aromatic carbocycles. The first kappa shape index (κ1) is 18.5. The van der Waals surface area contributed by atoms with E-state index in [1.165, 1.54) is 0 Å². The molecule has 0 spiro atoms. The topological polar surface area (TPSA) is 64.6 Å². The molecule has 0 aliphatic heterocycles. The minimum atomic E-state index is -0.625. The molecular formula is C17H15ClINO4. The average Bonchev–Trinajstić information content (AvgIpc) is 2.56. The maximum Gasteiger partial charge on any atom is 0.344 e. The lowest BCUT2D eigenvalue weighted by Crippen LogP contribution is -2.24.